The highest BCUT2D eigenvalue weighted by Crippen LogP contribution is 2.35. The van der Waals surface area contributed by atoms with Crippen LogP contribution < -0.4 is 5.56 Å². The monoisotopic (exact) mass is 377 g/mol. The van der Waals surface area contributed by atoms with E-state index < -0.39 is 22.9 Å². The number of carboxylic acids is 1. The van der Waals surface area contributed by atoms with Gasteiger partial charge < -0.3 is 10.1 Å². The number of aromatic carboxylic acids is 1. The fourth-order valence-electron chi connectivity index (χ4n) is 2.45. The van der Waals surface area contributed by atoms with Gasteiger partial charge in [-0.25, -0.2) is 9.18 Å². The molecule has 0 aliphatic carbocycles. The minimum Gasteiger partial charge on any atom is -0.477 e. The van der Waals surface area contributed by atoms with Crippen LogP contribution in [0, 0.1) is 5.82 Å². The molecule has 0 saturated carbocycles. The lowest BCUT2D eigenvalue weighted by molar-refractivity contribution is 0.0695. The quantitative estimate of drug-likeness (QED) is 0.684. The third-order valence-corrected chi connectivity index (χ3v) is 4.18. The predicted octanol–water partition coefficient (Wildman–Crippen LogP) is 4.85. The molecule has 0 bridgehead atoms. The number of carbonyl (C=O) groups is 1. The molecule has 0 saturated heterocycles. The average molecular weight is 378 g/mol. The summed E-state index contributed by atoms with van der Waals surface area (Å²) in [6, 6.07) is 11.4. The van der Waals surface area contributed by atoms with Gasteiger partial charge in [-0.15, -0.1) is 0 Å². The Balaban J connectivity index is 2.33. The summed E-state index contributed by atoms with van der Waals surface area (Å²) in [4.78, 5) is 26.0. The first kappa shape index (κ1) is 17.2. The lowest BCUT2D eigenvalue weighted by Gasteiger charge is -2.13. The first-order chi connectivity index (χ1) is 11.9. The van der Waals surface area contributed by atoms with Crippen LogP contribution >= 0.6 is 23.2 Å². The Morgan fingerprint density at radius 1 is 1.00 bits per heavy atom. The fourth-order valence-corrected chi connectivity index (χ4v) is 2.95. The summed E-state index contributed by atoms with van der Waals surface area (Å²) < 4.78 is 13.2. The Hall–Kier alpha value is -2.63. The van der Waals surface area contributed by atoms with Crippen LogP contribution in [0.2, 0.25) is 10.0 Å². The number of benzene rings is 2. The van der Waals surface area contributed by atoms with E-state index >= 15 is 0 Å². The van der Waals surface area contributed by atoms with Crippen molar-refractivity contribution in [2.75, 3.05) is 0 Å². The Morgan fingerprint density at radius 2 is 1.68 bits per heavy atom. The maximum Gasteiger partial charge on any atom is 0.341 e. The number of pyridine rings is 1. The largest absolute Gasteiger partial charge is 0.477 e. The summed E-state index contributed by atoms with van der Waals surface area (Å²) in [5.41, 5.74) is 0.539. The second kappa shape index (κ2) is 6.70. The highest BCUT2D eigenvalue weighted by molar-refractivity contribution is 6.36. The van der Waals surface area contributed by atoms with Crippen LogP contribution in [0.1, 0.15) is 10.4 Å². The Bertz CT molecular complexity index is 1030. The van der Waals surface area contributed by atoms with Crippen LogP contribution in [-0.4, -0.2) is 16.1 Å². The summed E-state index contributed by atoms with van der Waals surface area (Å²) >= 11 is 12.1. The second-order valence-corrected chi connectivity index (χ2v) is 6.08. The standard InChI is InChI=1S/C18H10Cl2FNO3/c19-10-3-6-12(15(20)7-10)16-13(9-1-4-11(21)5-2-9)8-14(18(24)25)17(23)22-16/h1-8H,(H,22,23)(H,24,25). The molecule has 25 heavy (non-hydrogen) atoms. The molecule has 3 aromatic rings. The zero-order valence-corrected chi connectivity index (χ0v) is 14.0. The maximum absolute atomic E-state index is 13.2. The molecule has 7 heteroatoms. The second-order valence-electron chi connectivity index (χ2n) is 5.24. The van der Waals surface area contributed by atoms with Crippen LogP contribution in [0.25, 0.3) is 22.4 Å². The molecule has 0 unspecified atom stereocenters. The molecule has 2 aromatic carbocycles. The van der Waals surface area contributed by atoms with Gasteiger partial charge in [-0.2, -0.15) is 0 Å². The summed E-state index contributed by atoms with van der Waals surface area (Å²) in [5, 5.41) is 9.91. The number of nitrogens with one attached hydrogen (secondary N) is 1. The molecule has 0 atom stereocenters. The highest BCUT2D eigenvalue weighted by Gasteiger charge is 2.18. The van der Waals surface area contributed by atoms with Crippen LogP contribution in [0.4, 0.5) is 4.39 Å². The highest BCUT2D eigenvalue weighted by atomic mass is 35.5. The van der Waals surface area contributed by atoms with Crippen molar-refractivity contribution in [3.63, 3.8) is 0 Å². The van der Waals surface area contributed by atoms with Gasteiger partial charge in [0.15, 0.2) is 0 Å². The molecule has 3 rings (SSSR count). The fraction of sp³-hybridized carbons (Fsp3) is 0. The van der Waals surface area contributed by atoms with Crippen molar-refractivity contribution >= 4 is 29.2 Å². The smallest absolute Gasteiger partial charge is 0.341 e. The van der Waals surface area contributed by atoms with E-state index in [1.807, 2.05) is 0 Å². The van der Waals surface area contributed by atoms with E-state index in [4.69, 9.17) is 23.2 Å². The van der Waals surface area contributed by atoms with E-state index in [9.17, 15) is 19.1 Å². The molecule has 1 heterocycles. The molecule has 4 nitrogen and oxygen atoms in total. The number of rotatable bonds is 3. The van der Waals surface area contributed by atoms with Crippen LogP contribution in [-0.2, 0) is 0 Å². The molecule has 0 radical (unpaired) electrons. The number of hydrogen-bond acceptors (Lipinski definition) is 2. The van der Waals surface area contributed by atoms with Gasteiger partial charge in [0, 0.05) is 16.1 Å². The van der Waals surface area contributed by atoms with Crippen molar-refractivity contribution in [1.29, 1.82) is 0 Å². The minimum atomic E-state index is -1.36. The molecule has 0 aliphatic rings. The summed E-state index contributed by atoms with van der Waals surface area (Å²) in [5.74, 6) is -1.80. The molecule has 2 N–H and O–H groups in total. The van der Waals surface area contributed by atoms with E-state index in [2.05, 4.69) is 4.98 Å². The van der Waals surface area contributed by atoms with Gasteiger partial charge in [-0.05, 0) is 42.0 Å². The van der Waals surface area contributed by atoms with E-state index in [0.717, 1.165) is 0 Å². The molecule has 0 fully saturated rings. The van der Waals surface area contributed by atoms with Crippen molar-refractivity contribution in [3.8, 4) is 22.4 Å². The third kappa shape index (κ3) is 3.43. The Kier molecular flexibility index (Phi) is 4.61. The van der Waals surface area contributed by atoms with E-state index in [0.29, 0.717) is 27.4 Å². The van der Waals surface area contributed by atoms with Gasteiger partial charge in [0.2, 0.25) is 0 Å². The van der Waals surface area contributed by atoms with Crippen molar-refractivity contribution < 1.29 is 14.3 Å². The zero-order chi connectivity index (χ0) is 18.1. The van der Waals surface area contributed by atoms with Crippen molar-refractivity contribution in [2.45, 2.75) is 0 Å². The van der Waals surface area contributed by atoms with Crippen molar-refractivity contribution in [2.24, 2.45) is 0 Å². The number of hydrogen-bond donors (Lipinski definition) is 2. The number of halogens is 3. The summed E-state index contributed by atoms with van der Waals surface area (Å²) in [6.07, 6.45) is 0. The Morgan fingerprint density at radius 3 is 2.28 bits per heavy atom. The van der Waals surface area contributed by atoms with Gasteiger partial charge in [0.25, 0.3) is 5.56 Å². The molecule has 0 spiro atoms. The minimum absolute atomic E-state index is 0.287. The molecule has 0 aliphatic heterocycles. The normalized spacial score (nSPS) is 10.7. The van der Waals surface area contributed by atoms with E-state index in [1.165, 1.54) is 36.4 Å². The molecular formula is C18H10Cl2FNO3. The van der Waals surface area contributed by atoms with E-state index in [-0.39, 0.29) is 5.02 Å². The predicted molar refractivity (Wildman–Crippen MR) is 94.9 cm³/mol. The maximum atomic E-state index is 13.2. The number of aromatic nitrogens is 1. The molecule has 126 valence electrons. The lowest BCUT2D eigenvalue weighted by atomic mass is 9.97. The number of aromatic amines is 1. The summed E-state index contributed by atoms with van der Waals surface area (Å²) in [6.45, 7) is 0. The topological polar surface area (TPSA) is 70.2 Å². The average Bonchev–Trinajstić information content (AvgIpc) is 2.55. The van der Waals surface area contributed by atoms with Gasteiger partial charge in [-0.1, -0.05) is 35.3 Å². The first-order valence-electron chi connectivity index (χ1n) is 7.09. The SMILES string of the molecule is O=C(O)c1cc(-c2ccc(F)cc2)c(-c2ccc(Cl)cc2Cl)[nH]c1=O. The molecule has 0 amide bonds. The zero-order valence-electron chi connectivity index (χ0n) is 12.5. The van der Waals surface area contributed by atoms with Crippen LogP contribution in [0.15, 0.2) is 53.3 Å². The van der Waals surface area contributed by atoms with Gasteiger partial charge in [0.1, 0.15) is 11.4 Å². The first-order valence-corrected chi connectivity index (χ1v) is 7.84. The molecular weight excluding hydrogens is 368 g/mol. The van der Waals surface area contributed by atoms with E-state index in [1.54, 1.807) is 12.1 Å². The van der Waals surface area contributed by atoms with Crippen LogP contribution in [0.5, 0.6) is 0 Å². The van der Waals surface area contributed by atoms with Gasteiger partial charge >= 0.3 is 5.97 Å². The third-order valence-electron chi connectivity index (χ3n) is 3.63. The number of H-pyrrole nitrogens is 1. The van der Waals surface area contributed by atoms with Gasteiger partial charge in [-0.3, -0.25) is 4.79 Å². The number of carboxylic acid groups (broad SMARTS) is 1. The van der Waals surface area contributed by atoms with Crippen LogP contribution in [0.3, 0.4) is 0 Å². The van der Waals surface area contributed by atoms with Crippen molar-refractivity contribution in [3.05, 3.63) is 80.3 Å². The lowest BCUT2D eigenvalue weighted by Crippen LogP contribution is -2.18. The van der Waals surface area contributed by atoms with Crippen molar-refractivity contribution in [1.82, 2.24) is 4.98 Å². The van der Waals surface area contributed by atoms with Gasteiger partial charge in [0.05, 0.1) is 10.7 Å². The Labute approximate surface area is 151 Å². The molecule has 1 aromatic heterocycles. The summed E-state index contributed by atoms with van der Waals surface area (Å²) in [7, 11) is 0.